The summed E-state index contributed by atoms with van der Waals surface area (Å²) in [5.41, 5.74) is 2.23. The van der Waals surface area contributed by atoms with Crippen LogP contribution in [0.4, 0.5) is 0 Å². The number of methoxy groups -OCH3 is 1. The second kappa shape index (κ2) is 11.6. The second-order valence-electron chi connectivity index (χ2n) is 9.37. The van der Waals surface area contributed by atoms with Crippen LogP contribution in [0.1, 0.15) is 68.7 Å². The molecule has 0 radical (unpaired) electrons. The van der Waals surface area contributed by atoms with Crippen LogP contribution in [0, 0.1) is 0 Å². The summed E-state index contributed by atoms with van der Waals surface area (Å²) in [7, 11) is -5.03. The van der Waals surface area contributed by atoms with Crippen LogP contribution in [0.25, 0.3) is 0 Å². The van der Waals surface area contributed by atoms with Gasteiger partial charge in [-0.1, -0.05) is 57.0 Å². The first-order valence-electron chi connectivity index (χ1n) is 12.2. The summed E-state index contributed by atoms with van der Waals surface area (Å²) in [6.07, 6.45) is 5.60. The molecule has 3 rings (SSSR count). The summed E-state index contributed by atoms with van der Waals surface area (Å²) in [6.45, 7) is 4.30. The molecule has 0 aliphatic carbocycles. The Morgan fingerprint density at radius 2 is 1.86 bits per heavy atom. The zero-order chi connectivity index (χ0) is 25.7. The molecule has 35 heavy (non-hydrogen) atoms. The molecular formula is C26H39NO6S2. The van der Waals surface area contributed by atoms with E-state index < -0.39 is 26.2 Å². The molecule has 196 valence electrons. The fourth-order valence-corrected chi connectivity index (χ4v) is 7.49. The highest BCUT2D eigenvalue weighted by atomic mass is 32.3. The molecule has 1 heterocycles. The summed E-state index contributed by atoms with van der Waals surface area (Å²) in [5, 5.41) is 3.84. The van der Waals surface area contributed by atoms with Crippen molar-refractivity contribution in [3.05, 3.63) is 59.2 Å². The lowest BCUT2D eigenvalue weighted by molar-refractivity contribution is 0.290. The smallest absolute Gasteiger partial charge is 0.264 e. The Morgan fingerprint density at radius 1 is 1.14 bits per heavy atom. The normalized spacial score (nSPS) is 22.7. The Bertz CT molecular complexity index is 1090. The SMILES string of the molecule is CCCC[C@]1(CC)CS(O)(O)c2cc(CCCOS(C)(=O)=O)c(OC)cc2[C@@H](c2ccccc2)N1. The van der Waals surface area contributed by atoms with Crippen LogP contribution in [0.2, 0.25) is 0 Å². The van der Waals surface area contributed by atoms with E-state index >= 15 is 0 Å². The van der Waals surface area contributed by atoms with Gasteiger partial charge in [0.15, 0.2) is 0 Å². The highest BCUT2D eigenvalue weighted by molar-refractivity contribution is 8.24. The van der Waals surface area contributed by atoms with Crippen LogP contribution in [0.15, 0.2) is 47.4 Å². The lowest BCUT2D eigenvalue weighted by atomic mass is 9.87. The summed E-state index contributed by atoms with van der Waals surface area (Å²) in [5.74, 6) is 0.883. The summed E-state index contributed by atoms with van der Waals surface area (Å²) < 4.78 is 56.3. The summed E-state index contributed by atoms with van der Waals surface area (Å²) >= 11 is 0. The molecule has 2 aromatic rings. The van der Waals surface area contributed by atoms with E-state index in [-0.39, 0.29) is 18.4 Å². The van der Waals surface area contributed by atoms with Gasteiger partial charge in [0.25, 0.3) is 10.1 Å². The van der Waals surface area contributed by atoms with Crippen LogP contribution >= 0.6 is 10.6 Å². The van der Waals surface area contributed by atoms with Gasteiger partial charge >= 0.3 is 0 Å². The lowest BCUT2D eigenvalue weighted by Gasteiger charge is -2.42. The molecule has 7 nitrogen and oxygen atoms in total. The molecule has 2 aromatic carbocycles. The van der Waals surface area contributed by atoms with Crippen LogP contribution < -0.4 is 10.1 Å². The average Bonchev–Trinajstić information content (AvgIpc) is 2.92. The van der Waals surface area contributed by atoms with Crippen molar-refractivity contribution in [3.8, 4) is 5.75 Å². The maximum Gasteiger partial charge on any atom is 0.264 e. The molecule has 0 bridgehead atoms. The molecular weight excluding hydrogens is 486 g/mol. The van der Waals surface area contributed by atoms with Crippen LogP contribution in [-0.2, 0) is 20.7 Å². The largest absolute Gasteiger partial charge is 0.496 e. The average molecular weight is 526 g/mol. The highest BCUT2D eigenvalue weighted by Gasteiger charge is 2.42. The van der Waals surface area contributed by atoms with Gasteiger partial charge in [0.1, 0.15) is 5.75 Å². The minimum atomic E-state index is -3.51. The molecule has 3 N–H and O–H groups in total. The fourth-order valence-electron chi connectivity index (χ4n) is 4.82. The molecule has 0 unspecified atom stereocenters. The number of ether oxygens (including phenoxy) is 1. The number of benzene rings is 2. The van der Waals surface area contributed by atoms with Gasteiger partial charge in [-0.3, -0.25) is 18.6 Å². The standard InChI is InChI=1S/C26H39NO6S2/c1-5-7-15-26(6-2)19-35(30,31)24-17-21(14-11-16-33-34(4,28)29)23(32-3)18-22(24)25(27-26)20-12-9-8-10-13-20/h8-10,12-13,17-18,25,27,30-31H,5-7,11,14-16,19H2,1-4H3/t25-,26-/m1/s1. The van der Waals surface area contributed by atoms with Gasteiger partial charge in [0.05, 0.1) is 36.7 Å². The summed E-state index contributed by atoms with van der Waals surface area (Å²) in [6, 6.07) is 13.6. The monoisotopic (exact) mass is 525 g/mol. The molecule has 0 aromatic heterocycles. The third-order valence-electron chi connectivity index (χ3n) is 6.71. The Labute approximate surface area is 211 Å². The van der Waals surface area contributed by atoms with Gasteiger partial charge in [-0.05, 0) is 48.9 Å². The highest BCUT2D eigenvalue weighted by Crippen LogP contribution is 2.58. The van der Waals surface area contributed by atoms with E-state index in [1.807, 2.05) is 30.3 Å². The van der Waals surface area contributed by atoms with Gasteiger partial charge in [0, 0.05) is 11.1 Å². The van der Waals surface area contributed by atoms with E-state index in [1.54, 1.807) is 7.11 Å². The predicted molar refractivity (Wildman–Crippen MR) is 142 cm³/mol. The van der Waals surface area contributed by atoms with Crippen LogP contribution in [0.5, 0.6) is 5.75 Å². The Morgan fingerprint density at radius 3 is 2.46 bits per heavy atom. The fraction of sp³-hybridized carbons (Fsp3) is 0.538. The lowest BCUT2D eigenvalue weighted by Crippen LogP contribution is -2.49. The van der Waals surface area contributed by atoms with E-state index in [0.717, 1.165) is 48.6 Å². The number of fused-ring (bicyclic) bond motifs is 1. The third kappa shape index (κ3) is 6.99. The van der Waals surface area contributed by atoms with Gasteiger partial charge in [-0.2, -0.15) is 19.0 Å². The quantitative estimate of drug-likeness (QED) is 0.254. The number of rotatable bonds is 11. The minimum absolute atomic E-state index is 0.0550. The Kier molecular flexibility index (Phi) is 9.28. The minimum Gasteiger partial charge on any atom is -0.496 e. The number of nitrogens with one attached hydrogen (secondary N) is 1. The predicted octanol–water partition coefficient (Wildman–Crippen LogP) is 5.75. The first-order valence-corrected chi connectivity index (χ1v) is 15.7. The number of aryl methyl sites for hydroxylation is 1. The van der Waals surface area contributed by atoms with Crippen LogP contribution in [-0.4, -0.2) is 48.8 Å². The number of unbranched alkanes of at least 4 members (excludes halogenated alkanes) is 1. The Hall–Kier alpha value is -1.62. The van der Waals surface area contributed by atoms with E-state index in [1.165, 1.54) is 0 Å². The first-order chi connectivity index (χ1) is 16.5. The van der Waals surface area contributed by atoms with E-state index in [9.17, 15) is 17.5 Å². The molecule has 0 fully saturated rings. The van der Waals surface area contributed by atoms with Crippen molar-refractivity contribution >= 4 is 20.7 Å². The first kappa shape index (κ1) is 28.0. The molecule has 0 saturated heterocycles. The van der Waals surface area contributed by atoms with Gasteiger partial charge in [-0.25, -0.2) is 0 Å². The molecule has 2 atom stereocenters. The van der Waals surface area contributed by atoms with Gasteiger partial charge < -0.3 is 4.74 Å². The van der Waals surface area contributed by atoms with Crippen molar-refractivity contribution in [1.29, 1.82) is 0 Å². The van der Waals surface area contributed by atoms with Crippen LogP contribution in [0.3, 0.4) is 0 Å². The van der Waals surface area contributed by atoms with Crippen molar-refractivity contribution < 1.29 is 26.4 Å². The van der Waals surface area contributed by atoms with E-state index in [0.29, 0.717) is 23.5 Å². The molecule has 0 spiro atoms. The van der Waals surface area contributed by atoms with E-state index in [4.69, 9.17) is 8.92 Å². The zero-order valence-corrected chi connectivity index (χ0v) is 22.8. The van der Waals surface area contributed by atoms with E-state index in [2.05, 4.69) is 31.3 Å². The van der Waals surface area contributed by atoms with Crippen molar-refractivity contribution in [2.75, 3.05) is 25.7 Å². The third-order valence-corrected chi connectivity index (χ3v) is 9.32. The molecule has 0 saturated carbocycles. The molecule has 9 heteroatoms. The van der Waals surface area contributed by atoms with Crippen molar-refractivity contribution in [2.45, 2.75) is 68.8 Å². The van der Waals surface area contributed by atoms with Gasteiger partial charge in [-0.15, -0.1) is 0 Å². The second-order valence-corrected chi connectivity index (χ2v) is 13.1. The van der Waals surface area contributed by atoms with Crippen molar-refractivity contribution in [3.63, 3.8) is 0 Å². The number of hydrogen-bond acceptors (Lipinski definition) is 7. The molecule has 1 aliphatic heterocycles. The maximum atomic E-state index is 11.6. The number of hydrogen-bond donors (Lipinski definition) is 3. The Balaban J connectivity index is 2.09. The zero-order valence-electron chi connectivity index (χ0n) is 21.1. The van der Waals surface area contributed by atoms with Crippen molar-refractivity contribution in [2.24, 2.45) is 0 Å². The maximum absolute atomic E-state index is 11.6. The van der Waals surface area contributed by atoms with Crippen molar-refractivity contribution in [1.82, 2.24) is 5.32 Å². The molecule has 0 amide bonds. The van der Waals surface area contributed by atoms with Gasteiger partial charge in [0.2, 0.25) is 0 Å². The topological polar surface area (TPSA) is 105 Å². The molecule has 1 aliphatic rings. The summed E-state index contributed by atoms with van der Waals surface area (Å²) in [4.78, 5) is 0.533.